The van der Waals surface area contributed by atoms with Gasteiger partial charge in [0.25, 0.3) is 0 Å². The van der Waals surface area contributed by atoms with Crippen molar-refractivity contribution in [3.8, 4) is 0 Å². The fourth-order valence-electron chi connectivity index (χ4n) is 1.75. The quantitative estimate of drug-likeness (QED) is 0.807. The van der Waals surface area contributed by atoms with Crippen molar-refractivity contribution >= 4 is 60.1 Å². The van der Waals surface area contributed by atoms with Gasteiger partial charge in [-0.15, -0.1) is 0 Å². The standard InChI is InChI=1S/C13H14BrClN2OS/c1-3-7-5-8(15)6-10-11(7)16-13(19-10)17-12(18)9(14)4-2/h5-6,9H,3-4H2,1-2H3,(H,16,17,18)/t9-/m0/s1. The van der Waals surface area contributed by atoms with E-state index in [1.54, 1.807) is 0 Å². The molecule has 3 nitrogen and oxygen atoms in total. The van der Waals surface area contributed by atoms with Crippen LogP contribution in [0, 0.1) is 0 Å². The number of fused-ring (bicyclic) bond motifs is 1. The van der Waals surface area contributed by atoms with Crippen molar-refractivity contribution in [1.82, 2.24) is 4.98 Å². The molecule has 1 aromatic carbocycles. The second kappa shape index (κ2) is 6.20. The number of hydrogen-bond donors (Lipinski definition) is 1. The van der Waals surface area contributed by atoms with Gasteiger partial charge in [-0.05, 0) is 30.5 Å². The van der Waals surface area contributed by atoms with Gasteiger partial charge >= 0.3 is 0 Å². The minimum Gasteiger partial charge on any atom is -0.301 e. The molecular weight excluding hydrogens is 348 g/mol. The first kappa shape index (κ1) is 14.8. The summed E-state index contributed by atoms with van der Waals surface area (Å²) in [5, 5.41) is 4.16. The highest BCUT2D eigenvalue weighted by atomic mass is 79.9. The molecule has 0 saturated heterocycles. The maximum atomic E-state index is 11.8. The molecule has 0 saturated carbocycles. The van der Waals surface area contributed by atoms with Crippen molar-refractivity contribution in [2.24, 2.45) is 0 Å². The van der Waals surface area contributed by atoms with E-state index < -0.39 is 0 Å². The Morgan fingerprint density at radius 2 is 2.26 bits per heavy atom. The number of aryl methyl sites for hydroxylation is 1. The van der Waals surface area contributed by atoms with Gasteiger partial charge in [0.15, 0.2) is 5.13 Å². The number of alkyl halides is 1. The van der Waals surface area contributed by atoms with Gasteiger partial charge in [0.1, 0.15) is 0 Å². The van der Waals surface area contributed by atoms with Crippen LogP contribution >= 0.6 is 38.9 Å². The van der Waals surface area contributed by atoms with Gasteiger partial charge in [0.2, 0.25) is 5.91 Å². The topological polar surface area (TPSA) is 42.0 Å². The Labute approximate surface area is 129 Å². The Bertz CT molecular complexity index is 614. The lowest BCUT2D eigenvalue weighted by Crippen LogP contribution is -2.21. The average molecular weight is 362 g/mol. The van der Waals surface area contributed by atoms with Crippen molar-refractivity contribution < 1.29 is 4.79 Å². The molecule has 1 heterocycles. The highest BCUT2D eigenvalue weighted by Crippen LogP contribution is 2.31. The molecule has 0 aliphatic rings. The number of amides is 1. The lowest BCUT2D eigenvalue weighted by molar-refractivity contribution is -0.115. The van der Waals surface area contributed by atoms with Crippen LogP contribution in [0.4, 0.5) is 5.13 Å². The Morgan fingerprint density at radius 3 is 2.89 bits per heavy atom. The summed E-state index contributed by atoms with van der Waals surface area (Å²) in [5.41, 5.74) is 2.03. The van der Waals surface area contributed by atoms with Crippen LogP contribution in [-0.2, 0) is 11.2 Å². The third-order valence-electron chi connectivity index (χ3n) is 2.79. The fraction of sp³-hybridized carbons (Fsp3) is 0.385. The van der Waals surface area contributed by atoms with Crippen LogP contribution in [0.1, 0.15) is 25.8 Å². The van der Waals surface area contributed by atoms with Crippen LogP contribution in [0.2, 0.25) is 5.02 Å². The molecule has 1 aromatic heterocycles. The Kier molecular flexibility index (Phi) is 4.81. The molecule has 19 heavy (non-hydrogen) atoms. The third kappa shape index (κ3) is 3.27. The zero-order valence-electron chi connectivity index (χ0n) is 10.7. The van der Waals surface area contributed by atoms with Crippen molar-refractivity contribution in [3.05, 3.63) is 22.7 Å². The summed E-state index contributed by atoms with van der Waals surface area (Å²) in [5.74, 6) is -0.0642. The maximum absolute atomic E-state index is 11.8. The zero-order chi connectivity index (χ0) is 14.0. The first-order chi connectivity index (χ1) is 9.05. The number of carbonyl (C=O) groups excluding carboxylic acids is 1. The van der Waals surface area contributed by atoms with Crippen LogP contribution in [0.25, 0.3) is 10.2 Å². The van der Waals surface area contributed by atoms with Gasteiger partial charge in [0.05, 0.1) is 15.0 Å². The van der Waals surface area contributed by atoms with Crippen molar-refractivity contribution in [2.75, 3.05) is 5.32 Å². The monoisotopic (exact) mass is 360 g/mol. The van der Waals surface area contributed by atoms with Gasteiger partial charge in [-0.25, -0.2) is 4.98 Å². The zero-order valence-corrected chi connectivity index (χ0v) is 13.8. The minimum absolute atomic E-state index is 0.0642. The van der Waals surface area contributed by atoms with Crippen molar-refractivity contribution in [3.63, 3.8) is 0 Å². The molecule has 0 unspecified atom stereocenters. The highest BCUT2D eigenvalue weighted by Gasteiger charge is 2.15. The molecule has 1 amide bonds. The van der Waals surface area contributed by atoms with Crippen LogP contribution in [0.5, 0.6) is 0 Å². The van der Waals surface area contributed by atoms with Crippen LogP contribution in [0.15, 0.2) is 12.1 Å². The molecule has 1 atom stereocenters. The molecule has 1 N–H and O–H groups in total. The second-order valence-electron chi connectivity index (χ2n) is 4.15. The first-order valence-electron chi connectivity index (χ1n) is 6.09. The summed E-state index contributed by atoms with van der Waals surface area (Å²) < 4.78 is 1.00. The third-order valence-corrected chi connectivity index (χ3v) is 4.99. The number of aromatic nitrogens is 1. The number of anilines is 1. The van der Waals surface area contributed by atoms with Gasteiger partial charge < -0.3 is 5.32 Å². The molecule has 0 fully saturated rings. The molecular formula is C13H14BrClN2OS. The van der Waals surface area contributed by atoms with E-state index in [1.165, 1.54) is 11.3 Å². The average Bonchev–Trinajstić information content (AvgIpc) is 2.78. The van der Waals surface area contributed by atoms with Gasteiger partial charge in [-0.3, -0.25) is 4.79 Å². The van der Waals surface area contributed by atoms with Gasteiger partial charge in [-0.2, -0.15) is 0 Å². The lowest BCUT2D eigenvalue weighted by atomic mass is 10.1. The Hall–Kier alpha value is -0.650. The molecule has 102 valence electrons. The van der Waals surface area contributed by atoms with Crippen LogP contribution < -0.4 is 5.32 Å². The van der Waals surface area contributed by atoms with Gasteiger partial charge in [0, 0.05) is 5.02 Å². The smallest absolute Gasteiger partial charge is 0.239 e. The fourth-order valence-corrected chi connectivity index (χ4v) is 3.13. The molecule has 0 aliphatic carbocycles. The summed E-state index contributed by atoms with van der Waals surface area (Å²) in [6, 6.07) is 3.81. The molecule has 0 bridgehead atoms. The van der Waals surface area contributed by atoms with Crippen molar-refractivity contribution in [2.45, 2.75) is 31.5 Å². The summed E-state index contributed by atoms with van der Waals surface area (Å²) in [7, 11) is 0. The van der Waals surface area contributed by atoms with E-state index in [1.807, 2.05) is 19.1 Å². The van der Waals surface area contributed by atoms with E-state index in [-0.39, 0.29) is 10.7 Å². The van der Waals surface area contributed by atoms with E-state index in [0.29, 0.717) is 10.2 Å². The second-order valence-corrected chi connectivity index (χ2v) is 6.72. The molecule has 0 radical (unpaired) electrons. The van der Waals surface area contributed by atoms with Gasteiger partial charge in [-0.1, -0.05) is 52.7 Å². The maximum Gasteiger partial charge on any atom is 0.239 e. The van der Waals surface area contributed by atoms with Crippen LogP contribution in [-0.4, -0.2) is 15.7 Å². The molecule has 0 spiro atoms. The molecule has 0 aliphatic heterocycles. The van der Waals surface area contributed by atoms with E-state index >= 15 is 0 Å². The predicted molar refractivity (Wildman–Crippen MR) is 85.6 cm³/mol. The first-order valence-corrected chi connectivity index (χ1v) is 8.20. The van der Waals surface area contributed by atoms with E-state index in [0.717, 1.165) is 28.6 Å². The Morgan fingerprint density at radius 1 is 1.53 bits per heavy atom. The van der Waals surface area contributed by atoms with Crippen molar-refractivity contribution in [1.29, 1.82) is 0 Å². The molecule has 2 aromatic rings. The highest BCUT2D eigenvalue weighted by molar-refractivity contribution is 9.10. The summed E-state index contributed by atoms with van der Waals surface area (Å²) in [6.07, 6.45) is 1.60. The molecule has 2 rings (SSSR count). The summed E-state index contributed by atoms with van der Waals surface area (Å²) in [4.78, 5) is 16.1. The van der Waals surface area contributed by atoms with E-state index in [4.69, 9.17) is 11.6 Å². The van der Waals surface area contributed by atoms with E-state index in [2.05, 4.69) is 33.2 Å². The Balaban J connectivity index is 2.34. The largest absolute Gasteiger partial charge is 0.301 e. The normalized spacial score (nSPS) is 12.6. The number of hydrogen-bond acceptors (Lipinski definition) is 3. The number of thiazole rings is 1. The number of carbonyl (C=O) groups is 1. The lowest BCUT2D eigenvalue weighted by Gasteiger charge is -2.04. The van der Waals surface area contributed by atoms with Crippen LogP contribution in [0.3, 0.4) is 0 Å². The SMILES string of the molecule is CCc1cc(Cl)cc2sc(NC(=O)[C@@H](Br)CC)nc12. The predicted octanol–water partition coefficient (Wildman–Crippen LogP) is 4.62. The minimum atomic E-state index is -0.186. The van der Waals surface area contributed by atoms with E-state index in [9.17, 15) is 4.79 Å². The number of benzene rings is 1. The number of nitrogens with zero attached hydrogens (tertiary/aromatic N) is 1. The number of halogens is 2. The molecule has 6 heteroatoms. The number of rotatable bonds is 4. The summed E-state index contributed by atoms with van der Waals surface area (Å²) in [6.45, 7) is 4.01. The summed E-state index contributed by atoms with van der Waals surface area (Å²) >= 11 is 10.9. The number of nitrogens with one attached hydrogen (secondary N) is 1.